The summed E-state index contributed by atoms with van der Waals surface area (Å²) in [5, 5.41) is 16.5. The molecule has 1 saturated carbocycles. The van der Waals surface area contributed by atoms with E-state index in [1.807, 2.05) is 30.3 Å². The van der Waals surface area contributed by atoms with E-state index in [1.54, 1.807) is 22.0 Å². The van der Waals surface area contributed by atoms with Crippen molar-refractivity contribution < 1.29 is 9.59 Å². The van der Waals surface area contributed by atoms with Crippen LogP contribution in [0.5, 0.6) is 0 Å². The molecule has 1 aromatic heterocycles. The molecule has 2 heterocycles. The molecule has 1 aliphatic heterocycles. The van der Waals surface area contributed by atoms with E-state index in [0.717, 1.165) is 18.5 Å². The number of benzene rings is 1. The third-order valence-corrected chi connectivity index (χ3v) is 4.89. The van der Waals surface area contributed by atoms with Gasteiger partial charge in [-0.05, 0) is 25.0 Å². The normalized spacial score (nSPS) is 20.7. The Labute approximate surface area is 151 Å². The molecule has 2 fully saturated rings. The Balaban J connectivity index is 1.43. The number of hydrogen-bond donors (Lipinski definition) is 1. The van der Waals surface area contributed by atoms with Crippen LogP contribution in [0.25, 0.3) is 5.69 Å². The van der Waals surface area contributed by atoms with E-state index in [4.69, 9.17) is 0 Å². The second kappa shape index (κ2) is 6.64. The molecule has 1 N–H and O–H groups in total. The van der Waals surface area contributed by atoms with Crippen molar-refractivity contribution >= 4 is 11.8 Å². The second-order valence-electron chi connectivity index (χ2n) is 6.80. The number of para-hydroxylation sites is 1. The van der Waals surface area contributed by atoms with Crippen molar-refractivity contribution in [1.29, 1.82) is 5.26 Å². The summed E-state index contributed by atoms with van der Waals surface area (Å²) in [6.45, 7) is 0.455. The molecule has 0 radical (unpaired) electrons. The standard InChI is InChI=1S/C19H19N5O2/c20-9-17(14-10-21-24(12-14)16-4-2-1-3-5-16)22-19(26)13-8-18(25)23(11-13)15-6-7-15/h1-5,10,12-13,15,17H,6-8,11H2,(H,22,26)/t13-,17-/m1/s1. The lowest BCUT2D eigenvalue weighted by Crippen LogP contribution is -2.35. The predicted octanol–water partition coefficient (Wildman–Crippen LogP) is 1.56. The number of carbonyl (C=O) groups is 2. The van der Waals surface area contributed by atoms with E-state index in [0.29, 0.717) is 18.2 Å². The summed E-state index contributed by atoms with van der Waals surface area (Å²) in [6, 6.07) is 11.2. The molecule has 2 aliphatic rings. The number of likely N-dealkylation sites (tertiary alicyclic amines) is 1. The van der Waals surface area contributed by atoms with E-state index in [9.17, 15) is 14.9 Å². The van der Waals surface area contributed by atoms with Crippen molar-refractivity contribution in [2.75, 3.05) is 6.54 Å². The fourth-order valence-corrected chi connectivity index (χ4v) is 3.30. The molecule has 4 rings (SSSR count). The van der Waals surface area contributed by atoms with Crippen LogP contribution in [0.1, 0.15) is 30.9 Å². The summed E-state index contributed by atoms with van der Waals surface area (Å²) in [5.74, 6) is -0.596. The average Bonchev–Trinajstić information content (AvgIpc) is 3.25. The SMILES string of the molecule is N#C[C@@H](NC(=O)[C@@H]1CC(=O)N(C2CC2)C1)c1cnn(-c2ccccc2)c1. The van der Waals surface area contributed by atoms with Gasteiger partial charge in [0.2, 0.25) is 11.8 Å². The first-order valence-corrected chi connectivity index (χ1v) is 8.75. The van der Waals surface area contributed by atoms with Crippen LogP contribution in [0.3, 0.4) is 0 Å². The number of hydrogen-bond acceptors (Lipinski definition) is 4. The molecule has 2 amide bonds. The highest BCUT2D eigenvalue weighted by atomic mass is 16.2. The summed E-state index contributed by atoms with van der Waals surface area (Å²) in [7, 11) is 0. The van der Waals surface area contributed by atoms with E-state index in [2.05, 4.69) is 16.5 Å². The number of nitrogens with zero attached hydrogens (tertiary/aromatic N) is 4. The Hall–Kier alpha value is -3.14. The minimum atomic E-state index is -0.787. The van der Waals surface area contributed by atoms with Crippen molar-refractivity contribution in [3.8, 4) is 11.8 Å². The summed E-state index contributed by atoms with van der Waals surface area (Å²) < 4.78 is 1.67. The lowest BCUT2D eigenvalue weighted by molar-refractivity contribution is -0.129. The third-order valence-electron chi connectivity index (χ3n) is 4.89. The highest BCUT2D eigenvalue weighted by Crippen LogP contribution is 2.32. The monoisotopic (exact) mass is 349 g/mol. The van der Waals surface area contributed by atoms with Crippen LogP contribution in [0.4, 0.5) is 0 Å². The first kappa shape index (κ1) is 16.3. The predicted molar refractivity (Wildman–Crippen MR) is 92.9 cm³/mol. The smallest absolute Gasteiger partial charge is 0.226 e. The molecular formula is C19H19N5O2. The van der Waals surface area contributed by atoms with Gasteiger partial charge in [0, 0.05) is 30.8 Å². The van der Waals surface area contributed by atoms with Gasteiger partial charge in [-0.2, -0.15) is 10.4 Å². The molecule has 7 heteroatoms. The zero-order chi connectivity index (χ0) is 18.1. The van der Waals surface area contributed by atoms with Gasteiger partial charge in [-0.1, -0.05) is 18.2 Å². The average molecular weight is 349 g/mol. The minimum Gasteiger partial charge on any atom is -0.339 e. The van der Waals surface area contributed by atoms with Gasteiger partial charge < -0.3 is 10.2 Å². The van der Waals surface area contributed by atoms with Crippen molar-refractivity contribution in [3.63, 3.8) is 0 Å². The number of amides is 2. The molecular weight excluding hydrogens is 330 g/mol. The molecule has 2 atom stereocenters. The van der Waals surface area contributed by atoms with Crippen LogP contribution in [-0.4, -0.2) is 39.1 Å². The van der Waals surface area contributed by atoms with Crippen LogP contribution < -0.4 is 5.32 Å². The largest absolute Gasteiger partial charge is 0.339 e. The maximum absolute atomic E-state index is 12.5. The van der Waals surface area contributed by atoms with Gasteiger partial charge >= 0.3 is 0 Å². The Morgan fingerprint density at radius 1 is 1.31 bits per heavy atom. The van der Waals surface area contributed by atoms with Crippen molar-refractivity contribution in [1.82, 2.24) is 20.0 Å². The Kier molecular flexibility index (Phi) is 4.17. The van der Waals surface area contributed by atoms with Gasteiger partial charge in [0.15, 0.2) is 0 Å². The van der Waals surface area contributed by atoms with Gasteiger partial charge in [0.1, 0.15) is 6.04 Å². The number of nitriles is 1. The van der Waals surface area contributed by atoms with Gasteiger partial charge in [-0.25, -0.2) is 4.68 Å². The van der Waals surface area contributed by atoms with Crippen molar-refractivity contribution in [3.05, 3.63) is 48.3 Å². The lowest BCUT2D eigenvalue weighted by Gasteiger charge is -2.16. The van der Waals surface area contributed by atoms with Gasteiger partial charge in [-0.15, -0.1) is 0 Å². The summed E-state index contributed by atoms with van der Waals surface area (Å²) in [5.41, 5.74) is 1.50. The van der Waals surface area contributed by atoms with E-state index >= 15 is 0 Å². The minimum absolute atomic E-state index is 0.0399. The fourth-order valence-electron chi connectivity index (χ4n) is 3.30. The van der Waals surface area contributed by atoms with E-state index in [-0.39, 0.29) is 24.2 Å². The van der Waals surface area contributed by atoms with Crippen LogP contribution >= 0.6 is 0 Å². The molecule has 132 valence electrons. The van der Waals surface area contributed by atoms with Crippen LogP contribution in [-0.2, 0) is 9.59 Å². The number of aromatic nitrogens is 2. The molecule has 7 nitrogen and oxygen atoms in total. The molecule has 2 aromatic rings. The molecule has 0 unspecified atom stereocenters. The Morgan fingerprint density at radius 2 is 2.08 bits per heavy atom. The molecule has 1 saturated heterocycles. The molecule has 0 bridgehead atoms. The highest BCUT2D eigenvalue weighted by molar-refractivity contribution is 5.89. The van der Waals surface area contributed by atoms with Crippen LogP contribution in [0.2, 0.25) is 0 Å². The van der Waals surface area contributed by atoms with Crippen LogP contribution in [0.15, 0.2) is 42.7 Å². The fraction of sp³-hybridized carbons (Fsp3) is 0.368. The highest BCUT2D eigenvalue weighted by Gasteiger charge is 2.42. The van der Waals surface area contributed by atoms with Gasteiger partial charge in [-0.3, -0.25) is 9.59 Å². The molecule has 0 spiro atoms. The molecule has 26 heavy (non-hydrogen) atoms. The van der Waals surface area contributed by atoms with Gasteiger partial charge in [0.25, 0.3) is 0 Å². The van der Waals surface area contributed by atoms with Gasteiger partial charge in [0.05, 0.1) is 23.9 Å². The molecule has 1 aliphatic carbocycles. The Morgan fingerprint density at radius 3 is 2.77 bits per heavy atom. The number of carbonyl (C=O) groups excluding carboxylic acids is 2. The molecule has 1 aromatic carbocycles. The topological polar surface area (TPSA) is 91.0 Å². The second-order valence-corrected chi connectivity index (χ2v) is 6.80. The zero-order valence-corrected chi connectivity index (χ0v) is 14.2. The van der Waals surface area contributed by atoms with Crippen LogP contribution in [0, 0.1) is 17.2 Å². The first-order chi connectivity index (χ1) is 12.7. The van der Waals surface area contributed by atoms with E-state index < -0.39 is 6.04 Å². The number of nitrogens with one attached hydrogen (secondary N) is 1. The van der Waals surface area contributed by atoms with Crippen molar-refractivity contribution in [2.24, 2.45) is 5.92 Å². The quantitative estimate of drug-likeness (QED) is 0.887. The summed E-state index contributed by atoms with van der Waals surface area (Å²) in [4.78, 5) is 26.4. The van der Waals surface area contributed by atoms with Crippen molar-refractivity contribution in [2.45, 2.75) is 31.3 Å². The third kappa shape index (κ3) is 3.18. The summed E-state index contributed by atoms with van der Waals surface area (Å²) >= 11 is 0. The number of rotatable bonds is 5. The maximum Gasteiger partial charge on any atom is 0.226 e. The maximum atomic E-state index is 12.5. The zero-order valence-electron chi connectivity index (χ0n) is 14.2. The summed E-state index contributed by atoms with van der Waals surface area (Å²) in [6.07, 6.45) is 5.60. The Bertz CT molecular complexity index is 866. The first-order valence-electron chi connectivity index (χ1n) is 8.75. The van der Waals surface area contributed by atoms with E-state index in [1.165, 1.54) is 0 Å². The lowest BCUT2D eigenvalue weighted by atomic mass is 10.1.